The van der Waals surface area contributed by atoms with Crippen LogP contribution in [0.1, 0.15) is 27.6 Å². The number of para-hydroxylation sites is 2. The number of anilines is 1. The lowest BCUT2D eigenvalue weighted by molar-refractivity contribution is 0.101. The Bertz CT molecular complexity index is 1080. The molecule has 6 nitrogen and oxygen atoms in total. The summed E-state index contributed by atoms with van der Waals surface area (Å²) in [5.41, 5.74) is 0.972. The summed E-state index contributed by atoms with van der Waals surface area (Å²) in [7, 11) is 3.27. The van der Waals surface area contributed by atoms with Crippen molar-refractivity contribution >= 4 is 28.3 Å². The Hall–Kier alpha value is -3.41. The van der Waals surface area contributed by atoms with E-state index >= 15 is 0 Å². The van der Waals surface area contributed by atoms with Gasteiger partial charge in [-0.2, -0.15) is 0 Å². The minimum atomic E-state index is -0.566. The second kappa shape index (κ2) is 6.84. The molecule has 0 aliphatic rings. The van der Waals surface area contributed by atoms with E-state index in [1.165, 1.54) is 20.2 Å². The first-order chi connectivity index (χ1) is 12.4. The van der Waals surface area contributed by atoms with Gasteiger partial charge in [-0.1, -0.05) is 18.2 Å². The molecule has 132 valence electrons. The van der Waals surface area contributed by atoms with Gasteiger partial charge in [-0.25, -0.2) is 0 Å². The molecule has 2 aromatic carbocycles. The van der Waals surface area contributed by atoms with Crippen LogP contribution in [-0.4, -0.2) is 23.4 Å². The molecule has 0 aliphatic carbocycles. The number of Topliss-reactive ketones (excluding diaryl/α,β-unsaturated/α-hetero) is 1. The van der Waals surface area contributed by atoms with Gasteiger partial charge < -0.3 is 14.6 Å². The highest BCUT2D eigenvalue weighted by Crippen LogP contribution is 2.23. The van der Waals surface area contributed by atoms with Gasteiger partial charge in [-0.05, 0) is 31.2 Å². The Morgan fingerprint density at radius 1 is 1.04 bits per heavy atom. The van der Waals surface area contributed by atoms with Crippen LogP contribution in [0.15, 0.2) is 53.5 Å². The lowest BCUT2D eigenvalue weighted by Crippen LogP contribution is -2.24. The quantitative estimate of drug-likeness (QED) is 0.734. The Kier molecular flexibility index (Phi) is 4.58. The Morgan fingerprint density at radius 3 is 2.46 bits per heavy atom. The molecule has 1 heterocycles. The Balaban J connectivity index is 2.09. The van der Waals surface area contributed by atoms with Crippen LogP contribution < -0.4 is 15.5 Å². The van der Waals surface area contributed by atoms with E-state index < -0.39 is 11.3 Å². The summed E-state index contributed by atoms with van der Waals surface area (Å²) in [5, 5.41) is 3.05. The summed E-state index contributed by atoms with van der Waals surface area (Å²) >= 11 is 0. The third kappa shape index (κ3) is 2.97. The topological polar surface area (TPSA) is 77.4 Å². The van der Waals surface area contributed by atoms with Gasteiger partial charge in [0.15, 0.2) is 5.78 Å². The zero-order valence-electron chi connectivity index (χ0n) is 14.7. The molecule has 1 aromatic heterocycles. The van der Waals surface area contributed by atoms with E-state index in [0.29, 0.717) is 27.9 Å². The zero-order valence-corrected chi connectivity index (χ0v) is 14.7. The molecule has 0 unspecified atom stereocenters. The SMILES string of the molecule is COc1cccc2c(=O)c(C(=O)Nc3ccccc3C(C)=O)cn(C)c12. The van der Waals surface area contributed by atoms with E-state index in [9.17, 15) is 14.4 Å². The van der Waals surface area contributed by atoms with E-state index in [1.54, 1.807) is 54.1 Å². The second-order valence-electron chi connectivity index (χ2n) is 5.90. The maximum atomic E-state index is 12.8. The number of aryl methyl sites for hydroxylation is 1. The fourth-order valence-corrected chi connectivity index (χ4v) is 2.95. The first-order valence-electron chi connectivity index (χ1n) is 8.01. The van der Waals surface area contributed by atoms with E-state index in [2.05, 4.69) is 5.32 Å². The molecule has 1 amide bonds. The first kappa shape index (κ1) is 17.4. The summed E-state index contributed by atoms with van der Waals surface area (Å²) in [6.45, 7) is 1.42. The van der Waals surface area contributed by atoms with Crippen molar-refractivity contribution in [3.05, 3.63) is 70.0 Å². The number of rotatable bonds is 4. The van der Waals surface area contributed by atoms with Crippen LogP contribution in [0.4, 0.5) is 5.69 Å². The molecule has 1 N–H and O–H groups in total. The summed E-state index contributed by atoms with van der Waals surface area (Å²) in [6.07, 6.45) is 1.47. The third-order valence-electron chi connectivity index (χ3n) is 4.18. The Morgan fingerprint density at radius 2 is 1.77 bits per heavy atom. The molecule has 6 heteroatoms. The van der Waals surface area contributed by atoms with Crippen LogP contribution in [0.2, 0.25) is 0 Å². The molecule has 0 bridgehead atoms. The van der Waals surface area contributed by atoms with Crippen molar-refractivity contribution in [1.29, 1.82) is 0 Å². The number of ketones is 1. The lowest BCUT2D eigenvalue weighted by atomic mass is 10.1. The van der Waals surface area contributed by atoms with Crippen molar-refractivity contribution in [2.24, 2.45) is 7.05 Å². The predicted octanol–water partition coefficient (Wildman–Crippen LogP) is 3.00. The molecule has 0 saturated heterocycles. The van der Waals surface area contributed by atoms with Gasteiger partial charge in [0.05, 0.1) is 23.7 Å². The fraction of sp³-hybridized carbons (Fsp3) is 0.150. The molecule has 0 radical (unpaired) electrons. The number of hydrogen-bond donors (Lipinski definition) is 1. The van der Waals surface area contributed by atoms with Crippen molar-refractivity contribution in [3.63, 3.8) is 0 Å². The van der Waals surface area contributed by atoms with Crippen LogP contribution >= 0.6 is 0 Å². The van der Waals surface area contributed by atoms with Crippen LogP contribution in [0, 0.1) is 0 Å². The lowest BCUT2D eigenvalue weighted by Gasteiger charge is -2.13. The monoisotopic (exact) mass is 350 g/mol. The highest BCUT2D eigenvalue weighted by Gasteiger charge is 2.18. The number of carbonyl (C=O) groups is 2. The number of pyridine rings is 1. The molecule has 0 saturated carbocycles. The van der Waals surface area contributed by atoms with E-state index in [4.69, 9.17) is 4.74 Å². The number of amides is 1. The van der Waals surface area contributed by atoms with Gasteiger partial charge in [-0.15, -0.1) is 0 Å². The van der Waals surface area contributed by atoms with Crippen LogP contribution in [0.3, 0.4) is 0 Å². The maximum absolute atomic E-state index is 12.8. The predicted molar refractivity (Wildman–Crippen MR) is 100 cm³/mol. The summed E-state index contributed by atoms with van der Waals surface area (Å²) in [6, 6.07) is 11.8. The average molecular weight is 350 g/mol. The molecule has 3 aromatic rings. The van der Waals surface area contributed by atoms with Gasteiger partial charge in [0.2, 0.25) is 5.43 Å². The number of ether oxygens (including phenoxy) is 1. The van der Waals surface area contributed by atoms with Crippen LogP contribution in [-0.2, 0) is 7.05 Å². The number of benzene rings is 2. The highest BCUT2D eigenvalue weighted by atomic mass is 16.5. The van der Waals surface area contributed by atoms with E-state index in [0.717, 1.165) is 0 Å². The summed E-state index contributed by atoms with van der Waals surface area (Å²) in [5.74, 6) is -0.183. The molecule has 3 rings (SSSR count). The van der Waals surface area contributed by atoms with Crippen LogP contribution in [0.5, 0.6) is 5.75 Å². The largest absolute Gasteiger partial charge is 0.495 e. The van der Waals surface area contributed by atoms with Crippen molar-refractivity contribution < 1.29 is 14.3 Å². The second-order valence-corrected chi connectivity index (χ2v) is 5.90. The van der Waals surface area contributed by atoms with Gasteiger partial charge in [-0.3, -0.25) is 14.4 Å². The zero-order chi connectivity index (χ0) is 18.8. The van der Waals surface area contributed by atoms with E-state index in [-0.39, 0.29) is 11.3 Å². The molecule has 0 atom stereocenters. The fourth-order valence-electron chi connectivity index (χ4n) is 2.95. The van der Waals surface area contributed by atoms with Gasteiger partial charge in [0.25, 0.3) is 5.91 Å². The summed E-state index contributed by atoms with van der Waals surface area (Å²) in [4.78, 5) is 37.2. The van der Waals surface area contributed by atoms with Crippen molar-refractivity contribution in [3.8, 4) is 5.75 Å². The Labute approximate surface area is 150 Å². The number of fused-ring (bicyclic) bond motifs is 1. The average Bonchev–Trinajstić information content (AvgIpc) is 2.64. The van der Waals surface area contributed by atoms with Gasteiger partial charge in [0, 0.05) is 18.8 Å². The summed E-state index contributed by atoms with van der Waals surface area (Å²) < 4.78 is 6.99. The maximum Gasteiger partial charge on any atom is 0.261 e. The number of methoxy groups -OCH3 is 1. The number of carbonyl (C=O) groups excluding carboxylic acids is 2. The number of aromatic nitrogens is 1. The molecule has 0 spiro atoms. The standard InChI is InChI=1S/C20H18N2O4/c1-12(23)13-7-4-5-9-16(13)21-20(25)15-11-22(2)18-14(19(15)24)8-6-10-17(18)26-3/h4-11H,1-3H3,(H,21,25). The number of nitrogens with zero attached hydrogens (tertiary/aromatic N) is 1. The number of hydrogen-bond acceptors (Lipinski definition) is 4. The minimum absolute atomic E-state index is 0.00777. The van der Waals surface area contributed by atoms with Crippen molar-refractivity contribution in [2.75, 3.05) is 12.4 Å². The molecule has 26 heavy (non-hydrogen) atoms. The van der Waals surface area contributed by atoms with Crippen LogP contribution in [0.25, 0.3) is 10.9 Å². The van der Waals surface area contributed by atoms with Crippen molar-refractivity contribution in [1.82, 2.24) is 4.57 Å². The molecule has 0 aliphatic heterocycles. The van der Waals surface area contributed by atoms with E-state index in [1.807, 2.05) is 0 Å². The van der Waals surface area contributed by atoms with Crippen molar-refractivity contribution in [2.45, 2.75) is 6.92 Å². The minimum Gasteiger partial charge on any atom is -0.495 e. The molecular formula is C20H18N2O4. The molecule has 0 fully saturated rings. The normalized spacial score (nSPS) is 10.6. The highest BCUT2D eigenvalue weighted by molar-refractivity contribution is 6.09. The smallest absolute Gasteiger partial charge is 0.261 e. The third-order valence-corrected chi connectivity index (χ3v) is 4.18. The number of nitrogens with one attached hydrogen (secondary N) is 1. The molecular weight excluding hydrogens is 332 g/mol. The van der Waals surface area contributed by atoms with Gasteiger partial charge in [0.1, 0.15) is 11.3 Å². The van der Waals surface area contributed by atoms with Gasteiger partial charge >= 0.3 is 0 Å². The first-order valence-corrected chi connectivity index (χ1v) is 8.01.